The molecule has 2 saturated carbocycles. The summed E-state index contributed by atoms with van der Waals surface area (Å²) in [5, 5.41) is 28.2. The highest BCUT2D eigenvalue weighted by atomic mass is 32.1. The molecule has 4 N–H and O–H groups in total. The molecule has 2 unspecified atom stereocenters. The summed E-state index contributed by atoms with van der Waals surface area (Å²) in [6, 6.07) is 9.22. The summed E-state index contributed by atoms with van der Waals surface area (Å²) in [5.41, 5.74) is 0.438. The van der Waals surface area contributed by atoms with Gasteiger partial charge in [0.2, 0.25) is 17.7 Å². The van der Waals surface area contributed by atoms with E-state index in [1.54, 1.807) is 0 Å². The number of rotatable bonds is 7. The average molecular weight is 718 g/mol. The third-order valence-electron chi connectivity index (χ3n) is 10.5. The van der Waals surface area contributed by atoms with Gasteiger partial charge in [0.05, 0.1) is 28.0 Å². The maximum Gasteiger partial charge on any atom is 0.408 e. The average Bonchev–Trinajstić information content (AvgIpc) is 3.62. The zero-order valence-corrected chi connectivity index (χ0v) is 29.1. The maximum absolute atomic E-state index is 14.5. The number of aliphatic hydroxyl groups excluding tert-OH is 1. The van der Waals surface area contributed by atoms with Gasteiger partial charge in [0, 0.05) is 12.3 Å². The van der Waals surface area contributed by atoms with Crippen molar-refractivity contribution in [3.05, 3.63) is 53.9 Å². The second-order valence-corrected chi connectivity index (χ2v) is 14.9. The molecule has 1 saturated heterocycles. The fourth-order valence-electron chi connectivity index (χ4n) is 7.62. The fraction of sp³-hybridized carbons (Fsp3) is 0.514. The largest absolute Gasteiger partial charge is 0.479 e. The number of hydrogen-bond acceptors (Lipinski definition) is 10. The van der Waals surface area contributed by atoms with Crippen LogP contribution < -0.4 is 15.4 Å². The van der Waals surface area contributed by atoms with Crippen LogP contribution in [-0.4, -0.2) is 91.4 Å². The van der Waals surface area contributed by atoms with Crippen LogP contribution in [0.1, 0.15) is 70.6 Å². The van der Waals surface area contributed by atoms with E-state index in [0.717, 1.165) is 49.8 Å². The first-order chi connectivity index (χ1) is 24.7. The first-order valence-corrected chi connectivity index (χ1v) is 18.7. The van der Waals surface area contributed by atoms with Crippen molar-refractivity contribution in [2.75, 3.05) is 6.54 Å². The van der Waals surface area contributed by atoms with Crippen LogP contribution in [-0.2, 0) is 19.1 Å². The molecule has 4 heterocycles. The van der Waals surface area contributed by atoms with E-state index in [0.29, 0.717) is 29.6 Å². The second kappa shape index (κ2) is 15.0. The molecular weight excluding hydrogens is 675 g/mol. The van der Waals surface area contributed by atoms with E-state index in [9.17, 15) is 29.4 Å². The Hall–Kier alpha value is -4.56. The normalized spacial score (nSPS) is 28.5. The van der Waals surface area contributed by atoms with E-state index in [1.165, 1.54) is 16.2 Å². The molecule has 51 heavy (non-hydrogen) atoms. The Bertz CT molecular complexity index is 1800. The van der Waals surface area contributed by atoms with E-state index in [-0.39, 0.29) is 37.3 Å². The Morgan fingerprint density at radius 3 is 2.51 bits per heavy atom. The zero-order valence-electron chi connectivity index (χ0n) is 28.2. The van der Waals surface area contributed by atoms with Crippen LogP contribution in [0.15, 0.2) is 53.9 Å². The number of alkyl carbamates (subject to hydrolysis) is 1. The molecule has 0 spiro atoms. The van der Waals surface area contributed by atoms with E-state index >= 15 is 0 Å². The number of aromatic nitrogens is 2. The van der Waals surface area contributed by atoms with Crippen LogP contribution >= 0.6 is 11.3 Å². The van der Waals surface area contributed by atoms with Gasteiger partial charge in [-0.3, -0.25) is 9.59 Å². The van der Waals surface area contributed by atoms with E-state index in [2.05, 4.69) is 10.6 Å². The standard InChI is InChI=1S/C37H43N5O8S/c43-31(35(46)47)37-20-22(37)11-4-2-1-3-5-16-27(40-36(48)50-23-12-6-7-13-23)34(45)42-21-24(19-28(42)32(44)41-37)49-33-30(29-17-10-18-51-29)38-25-14-8-9-15-26(25)39-33/h4,8-11,14-15,17-18,22-24,27-28,31,43H,1-3,5-7,12-13,16,19-21H2,(H,40,48)(H,41,44)(H,46,47)/b11-4-/t22?,24-,27-,28+,31?,37+/m1/s1. The zero-order chi connectivity index (χ0) is 35.5. The lowest BCUT2D eigenvalue weighted by Crippen LogP contribution is -2.58. The number of hydrogen-bond donors (Lipinski definition) is 4. The van der Waals surface area contributed by atoms with Gasteiger partial charge >= 0.3 is 12.1 Å². The number of thiophene rings is 1. The highest BCUT2D eigenvalue weighted by Gasteiger charge is 2.62. The molecule has 0 bridgehead atoms. The lowest BCUT2D eigenvalue weighted by Gasteiger charge is -2.30. The van der Waals surface area contributed by atoms with Gasteiger partial charge in [-0.1, -0.05) is 43.2 Å². The van der Waals surface area contributed by atoms with Crippen molar-refractivity contribution in [3.8, 4) is 16.5 Å². The topological polar surface area (TPSA) is 180 Å². The van der Waals surface area contributed by atoms with Gasteiger partial charge in [-0.05, 0) is 74.9 Å². The Labute approximate surface area is 299 Å². The summed E-state index contributed by atoms with van der Waals surface area (Å²) in [6.45, 7) is 0.00295. The molecule has 14 heteroatoms. The molecule has 3 amide bonds. The van der Waals surface area contributed by atoms with Gasteiger partial charge in [-0.15, -0.1) is 11.3 Å². The lowest BCUT2D eigenvalue weighted by atomic mass is 10.0. The first-order valence-electron chi connectivity index (χ1n) is 17.9. The van der Waals surface area contributed by atoms with Crippen LogP contribution in [0.4, 0.5) is 4.79 Å². The number of benzene rings is 1. The summed E-state index contributed by atoms with van der Waals surface area (Å²) in [5.74, 6) is -2.62. The van der Waals surface area contributed by atoms with Gasteiger partial charge in [-0.2, -0.15) is 0 Å². The number of nitrogens with one attached hydrogen (secondary N) is 2. The number of carboxylic acids is 1. The number of carbonyl (C=O) groups is 4. The molecule has 3 aromatic rings. The van der Waals surface area contributed by atoms with Crippen LogP contribution in [0.3, 0.4) is 0 Å². The minimum Gasteiger partial charge on any atom is -0.479 e. The number of amides is 3. The van der Waals surface area contributed by atoms with Crippen molar-refractivity contribution < 1.29 is 38.9 Å². The molecule has 6 atom stereocenters. The fourth-order valence-corrected chi connectivity index (χ4v) is 8.32. The molecule has 1 aromatic carbocycles. The highest BCUT2D eigenvalue weighted by Crippen LogP contribution is 2.48. The van der Waals surface area contributed by atoms with Crippen LogP contribution in [0.2, 0.25) is 0 Å². The number of ether oxygens (including phenoxy) is 2. The Morgan fingerprint density at radius 1 is 1.00 bits per heavy atom. The maximum atomic E-state index is 14.5. The smallest absolute Gasteiger partial charge is 0.408 e. The molecule has 7 rings (SSSR count). The number of carbonyl (C=O) groups excluding carboxylic acids is 3. The van der Waals surface area contributed by atoms with Gasteiger partial charge in [0.15, 0.2) is 6.10 Å². The molecule has 2 aliphatic carbocycles. The molecule has 2 aliphatic heterocycles. The number of nitrogens with zero attached hydrogens (tertiary/aromatic N) is 3. The van der Waals surface area contributed by atoms with Gasteiger partial charge in [0.25, 0.3) is 0 Å². The van der Waals surface area contributed by atoms with E-state index in [1.807, 2.05) is 53.9 Å². The molecular formula is C37H43N5O8S. The Morgan fingerprint density at radius 2 is 1.76 bits per heavy atom. The number of fused-ring (bicyclic) bond motifs is 3. The van der Waals surface area contributed by atoms with Gasteiger partial charge in [0.1, 0.15) is 30.0 Å². The minimum absolute atomic E-state index is 0.00295. The highest BCUT2D eigenvalue weighted by molar-refractivity contribution is 7.13. The summed E-state index contributed by atoms with van der Waals surface area (Å²) in [4.78, 5) is 65.6. The van der Waals surface area contributed by atoms with Crippen molar-refractivity contribution in [2.45, 2.75) is 107 Å². The second-order valence-electron chi connectivity index (χ2n) is 14.0. The third kappa shape index (κ3) is 7.57. The summed E-state index contributed by atoms with van der Waals surface area (Å²) in [7, 11) is 0. The molecule has 3 fully saturated rings. The van der Waals surface area contributed by atoms with Crippen molar-refractivity contribution in [1.82, 2.24) is 25.5 Å². The summed E-state index contributed by atoms with van der Waals surface area (Å²) >= 11 is 1.48. The third-order valence-corrected chi connectivity index (χ3v) is 11.3. The van der Waals surface area contributed by atoms with E-state index in [4.69, 9.17) is 19.4 Å². The predicted molar refractivity (Wildman–Crippen MR) is 188 cm³/mol. The molecule has 0 radical (unpaired) electrons. The van der Waals surface area contributed by atoms with Crippen LogP contribution in [0, 0.1) is 5.92 Å². The molecule has 2 aromatic heterocycles. The molecule has 13 nitrogen and oxygen atoms in total. The lowest BCUT2D eigenvalue weighted by molar-refractivity contribution is -0.150. The van der Waals surface area contributed by atoms with Crippen molar-refractivity contribution >= 4 is 46.2 Å². The van der Waals surface area contributed by atoms with Crippen molar-refractivity contribution in [3.63, 3.8) is 0 Å². The van der Waals surface area contributed by atoms with Crippen LogP contribution in [0.25, 0.3) is 21.6 Å². The quantitative estimate of drug-likeness (QED) is 0.253. The monoisotopic (exact) mass is 717 g/mol. The van der Waals surface area contributed by atoms with Gasteiger partial charge < -0.3 is 35.2 Å². The number of carboxylic acid groups (broad SMARTS) is 1. The number of para-hydroxylation sites is 2. The summed E-state index contributed by atoms with van der Waals surface area (Å²) < 4.78 is 12.2. The molecule has 270 valence electrons. The Kier molecular flexibility index (Phi) is 10.2. The van der Waals surface area contributed by atoms with Crippen molar-refractivity contribution in [2.24, 2.45) is 5.92 Å². The van der Waals surface area contributed by atoms with Crippen molar-refractivity contribution in [1.29, 1.82) is 0 Å². The predicted octanol–water partition coefficient (Wildman–Crippen LogP) is 4.58. The number of allylic oxidation sites excluding steroid dienone is 1. The number of aliphatic carboxylic acids is 1. The van der Waals surface area contributed by atoms with E-state index < -0.39 is 53.7 Å². The SMILES string of the molecule is O=C(N[C@@H]1CCCCC/C=C\C2C[C@]2(C(O)C(=O)O)NC(=O)[C@@H]2C[C@@H](Oc3nc4ccccc4nc3-c3cccs3)CN2C1=O)OC1CCCC1. The minimum atomic E-state index is -1.84. The van der Waals surface area contributed by atoms with Crippen LogP contribution in [0.5, 0.6) is 5.88 Å². The first kappa shape index (κ1) is 34.9. The van der Waals surface area contributed by atoms with Gasteiger partial charge in [-0.25, -0.2) is 19.6 Å². The Balaban J connectivity index is 1.20. The molecule has 4 aliphatic rings. The summed E-state index contributed by atoms with van der Waals surface area (Å²) in [6.07, 6.45) is 7.59. The number of aliphatic hydroxyl groups is 1.